The summed E-state index contributed by atoms with van der Waals surface area (Å²) in [7, 11) is 0. The van der Waals surface area contributed by atoms with E-state index >= 15 is 0 Å². The maximum absolute atomic E-state index is 10.2. The van der Waals surface area contributed by atoms with Gasteiger partial charge in [0, 0.05) is 12.4 Å². The summed E-state index contributed by atoms with van der Waals surface area (Å²) in [6, 6.07) is 1.59. The van der Waals surface area contributed by atoms with Crippen LogP contribution in [0.1, 0.15) is 10.6 Å². The van der Waals surface area contributed by atoms with Gasteiger partial charge in [-0.25, -0.2) is 9.97 Å². The molecule has 0 aliphatic carbocycles. The van der Waals surface area contributed by atoms with E-state index in [0.29, 0.717) is 0 Å². The van der Waals surface area contributed by atoms with Crippen LogP contribution in [0, 0.1) is 0 Å². The summed E-state index contributed by atoms with van der Waals surface area (Å²) in [5, 5.41) is 0. The Morgan fingerprint density at radius 3 is 2.33 bits per heavy atom. The highest BCUT2D eigenvalue weighted by Gasteiger charge is 1.99. The molecule has 0 spiro atoms. The third kappa shape index (κ3) is 1.22. The first-order chi connectivity index (χ1) is 4.30. The Kier molecular flexibility index (Phi) is 1.40. The molecule has 1 radical (unpaired) electrons. The fraction of sp³-hybridized carbons (Fsp3) is 0. The van der Waals surface area contributed by atoms with Crippen molar-refractivity contribution in [2.75, 3.05) is 0 Å². The van der Waals surface area contributed by atoms with Gasteiger partial charge in [0.15, 0.2) is 0 Å². The minimum atomic E-state index is -0.851. The van der Waals surface area contributed by atoms with E-state index in [1.54, 1.807) is 6.07 Å². The van der Waals surface area contributed by atoms with Gasteiger partial charge in [0.2, 0.25) is 5.82 Å². The van der Waals surface area contributed by atoms with Crippen LogP contribution in [0.25, 0.3) is 0 Å². The van der Waals surface area contributed by atoms with Crippen LogP contribution in [-0.4, -0.2) is 15.9 Å². The Hall–Kier alpha value is -1.45. The van der Waals surface area contributed by atoms with Crippen molar-refractivity contribution in [1.29, 1.82) is 0 Å². The summed E-state index contributed by atoms with van der Waals surface area (Å²) in [4.78, 5) is 17.2. The van der Waals surface area contributed by atoms with Crippen LogP contribution < -0.4 is 5.73 Å². The standard InChI is InChI=1S/C5H4N3O/c6-4(9)5-7-2-1-3-8-5/h1-3,6H. The summed E-state index contributed by atoms with van der Waals surface area (Å²) in [5.41, 5.74) is 6.55. The molecule has 1 heterocycles. The number of aromatic nitrogens is 2. The van der Waals surface area contributed by atoms with Crippen molar-refractivity contribution in [3.63, 3.8) is 0 Å². The highest BCUT2D eigenvalue weighted by molar-refractivity contribution is 5.87. The van der Waals surface area contributed by atoms with Crippen molar-refractivity contribution in [1.82, 2.24) is 15.7 Å². The number of rotatable bonds is 1. The highest BCUT2D eigenvalue weighted by atomic mass is 16.1. The molecule has 0 aliphatic rings. The number of hydrogen-bond donors (Lipinski definition) is 0. The Morgan fingerprint density at radius 1 is 1.44 bits per heavy atom. The molecule has 0 aromatic carbocycles. The van der Waals surface area contributed by atoms with Crippen molar-refractivity contribution >= 4 is 5.91 Å². The molecule has 0 unspecified atom stereocenters. The zero-order valence-electron chi connectivity index (χ0n) is 4.53. The molecule has 9 heavy (non-hydrogen) atoms. The van der Waals surface area contributed by atoms with Crippen molar-refractivity contribution in [3.8, 4) is 0 Å². The van der Waals surface area contributed by atoms with Gasteiger partial charge in [0.25, 0.3) is 0 Å². The molecule has 1 aromatic heterocycles. The lowest BCUT2D eigenvalue weighted by atomic mass is 10.5. The van der Waals surface area contributed by atoms with Gasteiger partial charge >= 0.3 is 5.91 Å². The van der Waals surface area contributed by atoms with Crippen LogP contribution in [0.3, 0.4) is 0 Å². The minimum Gasteiger partial charge on any atom is -0.264 e. The molecule has 1 amide bonds. The fourth-order valence-corrected chi connectivity index (χ4v) is 0.416. The second kappa shape index (κ2) is 2.21. The van der Waals surface area contributed by atoms with Crippen molar-refractivity contribution < 1.29 is 4.79 Å². The first-order valence-corrected chi connectivity index (χ1v) is 2.33. The van der Waals surface area contributed by atoms with Crippen LogP contribution in [0.2, 0.25) is 0 Å². The van der Waals surface area contributed by atoms with Gasteiger partial charge in [-0.3, -0.25) is 10.5 Å². The number of hydrogen-bond acceptors (Lipinski definition) is 3. The summed E-state index contributed by atoms with van der Waals surface area (Å²) in [6.45, 7) is 0. The van der Waals surface area contributed by atoms with Gasteiger partial charge < -0.3 is 0 Å². The Bertz CT molecular complexity index is 209. The quantitative estimate of drug-likeness (QED) is 0.522. The maximum atomic E-state index is 10.2. The Balaban J connectivity index is 2.98. The predicted octanol–water partition coefficient (Wildman–Crippen LogP) is -0.100. The van der Waals surface area contributed by atoms with Crippen molar-refractivity contribution in [2.24, 2.45) is 0 Å². The van der Waals surface area contributed by atoms with Gasteiger partial charge in [-0.1, -0.05) is 0 Å². The lowest BCUT2D eigenvalue weighted by molar-refractivity contribution is 0.0982. The third-order valence-electron chi connectivity index (χ3n) is 0.769. The average Bonchev–Trinajstić information content (AvgIpc) is 1.90. The van der Waals surface area contributed by atoms with Gasteiger partial charge in [-0.05, 0) is 6.07 Å². The molecule has 0 saturated carbocycles. The number of carbonyl (C=O) groups is 1. The van der Waals surface area contributed by atoms with E-state index in [0.717, 1.165) is 0 Å². The minimum absolute atomic E-state index is 0.0579. The molecule has 0 fully saturated rings. The Morgan fingerprint density at radius 2 is 2.00 bits per heavy atom. The topological polar surface area (TPSA) is 66.7 Å². The maximum Gasteiger partial charge on any atom is 0.307 e. The molecule has 0 aliphatic heterocycles. The van der Waals surface area contributed by atoms with E-state index in [1.807, 2.05) is 0 Å². The SMILES string of the molecule is [NH]C(=O)c1ncccn1. The first-order valence-electron chi connectivity index (χ1n) is 2.33. The van der Waals surface area contributed by atoms with Crippen LogP contribution >= 0.6 is 0 Å². The number of amides is 1. The summed E-state index contributed by atoms with van der Waals surface area (Å²) < 4.78 is 0. The van der Waals surface area contributed by atoms with Crippen molar-refractivity contribution in [3.05, 3.63) is 24.3 Å². The largest absolute Gasteiger partial charge is 0.307 e. The Labute approximate surface area is 51.7 Å². The van der Waals surface area contributed by atoms with Gasteiger partial charge in [-0.2, -0.15) is 0 Å². The highest BCUT2D eigenvalue weighted by Crippen LogP contribution is 1.83. The van der Waals surface area contributed by atoms with E-state index in [9.17, 15) is 4.79 Å². The molecule has 4 heteroatoms. The molecular formula is C5H4N3O. The molecule has 0 bridgehead atoms. The van der Waals surface area contributed by atoms with E-state index in [-0.39, 0.29) is 5.82 Å². The van der Waals surface area contributed by atoms with E-state index in [2.05, 4.69) is 9.97 Å². The molecule has 1 aromatic rings. The fourth-order valence-electron chi connectivity index (χ4n) is 0.416. The van der Waals surface area contributed by atoms with Crippen LogP contribution in [0.15, 0.2) is 18.5 Å². The average molecular weight is 122 g/mol. The monoisotopic (exact) mass is 122 g/mol. The number of carbonyl (C=O) groups excluding carboxylic acids is 1. The van der Waals surface area contributed by atoms with Gasteiger partial charge in [0.1, 0.15) is 0 Å². The molecular weight excluding hydrogens is 118 g/mol. The van der Waals surface area contributed by atoms with Gasteiger partial charge in [0.05, 0.1) is 0 Å². The summed E-state index contributed by atoms with van der Waals surface area (Å²) in [5.74, 6) is -0.909. The molecule has 4 nitrogen and oxygen atoms in total. The molecule has 45 valence electrons. The number of nitrogens with one attached hydrogen (secondary N) is 1. The zero-order chi connectivity index (χ0) is 6.69. The van der Waals surface area contributed by atoms with E-state index in [1.165, 1.54) is 12.4 Å². The van der Waals surface area contributed by atoms with Crippen LogP contribution in [0.5, 0.6) is 0 Å². The zero-order valence-corrected chi connectivity index (χ0v) is 4.53. The molecule has 1 rings (SSSR count). The second-order valence-electron chi connectivity index (χ2n) is 1.40. The lowest BCUT2D eigenvalue weighted by Crippen LogP contribution is -2.03. The molecule has 0 saturated heterocycles. The summed E-state index contributed by atoms with van der Waals surface area (Å²) >= 11 is 0. The van der Waals surface area contributed by atoms with E-state index < -0.39 is 5.91 Å². The lowest BCUT2D eigenvalue weighted by Gasteiger charge is -1.86. The second-order valence-corrected chi connectivity index (χ2v) is 1.40. The first kappa shape index (κ1) is 5.68. The van der Waals surface area contributed by atoms with Crippen LogP contribution in [-0.2, 0) is 0 Å². The number of nitrogens with zero attached hydrogens (tertiary/aromatic N) is 2. The summed E-state index contributed by atoms with van der Waals surface area (Å²) in [6.07, 6.45) is 2.85. The predicted molar refractivity (Wildman–Crippen MR) is 29.5 cm³/mol. The smallest absolute Gasteiger partial charge is 0.264 e. The van der Waals surface area contributed by atoms with Gasteiger partial charge in [-0.15, -0.1) is 0 Å². The van der Waals surface area contributed by atoms with Crippen molar-refractivity contribution in [2.45, 2.75) is 0 Å². The van der Waals surface area contributed by atoms with E-state index in [4.69, 9.17) is 5.73 Å². The van der Waals surface area contributed by atoms with Crippen LogP contribution in [0.4, 0.5) is 0 Å². The normalized spacial score (nSPS) is 8.89. The molecule has 1 N–H and O–H groups in total. The third-order valence-corrected chi connectivity index (χ3v) is 0.769. The molecule has 0 atom stereocenters.